The number of amides is 1. The fourth-order valence-electron chi connectivity index (χ4n) is 1.27. The third kappa shape index (κ3) is 1.57. The summed E-state index contributed by atoms with van der Waals surface area (Å²) >= 11 is 0. The van der Waals surface area contributed by atoms with E-state index in [1.807, 2.05) is 0 Å². The zero-order valence-corrected chi connectivity index (χ0v) is 7.52. The Morgan fingerprint density at radius 2 is 2.27 bits per heavy atom. The van der Waals surface area contributed by atoms with Crippen molar-refractivity contribution >= 4 is 16.8 Å². The number of nitrogens with zero attached hydrogens (tertiary/aromatic N) is 1. The van der Waals surface area contributed by atoms with Gasteiger partial charge in [-0.05, 0) is 18.2 Å². The predicted molar refractivity (Wildman–Crippen MR) is 51.6 cm³/mol. The van der Waals surface area contributed by atoms with Gasteiger partial charge in [-0.1, -0.05) is 0 Å². The van der Waals surface area contributed by atoms with Crippen LogP contribution in [0, 0.1) is 0 Å². The molecule has 0 spiro atoms. The molecule has 0 aliphatic carbocycles. The average Bonchev–Trinajstić information content (AvgIpc) is 2.28. The molecular weight excluding hydrogens is 198 g/mol. The molecule has 3 N–H and O–H groups in total. The smallest absolute Gasteiger partial charge is 0.274 e. The van der Waals surface area contributed by atoms with Crippen LogP contribution in [0.2, 0.25) is 0 Å². The summed E-state index contributed by atoms with van der Waals surface area (Å²) in [6.07, 6.45) is 1.26. The molecule has 0 aliphatic heterocycles. The van der Waals surface area contributed by atoms with E-state index in [9.17, 15) is 9.59 Å². The zero-order valence-electron chi connectivity index (χ0n) is 7.52. The molecule has 0 saturated carbocycles. The average molecular weight is 205 g/mol. The Balaban J connectivity index is 2.67. The fourth-order valence-corrected chi connectivity index (χ4v) is 1.27. The number of aromatic nitrogens is 2. The highest BCUT2D eigenvalue weighted by atomic mass is 16.5. The van der Waals surface area contributed by atoms with E-state index in [1.54, 1.807) is 0 Å². The molecule has 0 aliphatic rings. The van der Waals surface area contributed by atoms with E-state index in [0.717, 1.165) is 0 Å². The number of carbonyl (C=O) groups excluding carboxylic acids is 1. The maximum absolute atomic E-state index is 11.3. The number of hydrogen-bond donors (Lipinski definition) is 3. The third-order valence-corrected chi connectivity index (χ3v) is 2.01. The Bertz CT molecular complexity index is 576. The number of aromatic amines is 1. The van der Waals surface area contributed by atoms with Crippen LogP contribution in [0.15, 0.2) is 29.3 Å². The lowest BCUT2D eigenvalue weighted by Crippen LogP contribution is -2.18. The summed E-state index contributed by atoms with van der Waals surface area (Å²) in [6.45, 7) is 0. The Hall–Kier alpha value is -2.21. The number of fused-ring (bicyclic) bond motifs is 1. The Labute approximate surface area is 83.5 Å². The van der Waals surface area contributed by atoms with Gasteiger partial charge >= 0.3 is 0 Å². The molecule has 0 fully saturated rings. The first-order valence-electron chi connectivity index (χ1n) is 4.14. The maximum atomic E-state index is 11.3. The highest BCUT2D eigenvalue weighted by molar-refractivity contribution is 5.96. The molecule has 0 unspecified atom stereocenters. The molecule has 2 aromatic rings. The number of nitrogens with one attached hydrogen (secondary N) is 2. The van der Waals surface area contributed by atoms with E-state index in [-0.39, 0.29) is 11.1 Å². The molecule has 6 heteroatoms. The first kappa shape index (κ1) is 9.35. The summed E-state index contributed by atoms with van der Waals surface area (Å²) < 4.78 is 0. The third-order valence-electron chi connectivity index (χ3n) is 2.01. The van der Waals surface area contributed by atoms with Crippen molar-refractivity contribution in [3.63, 3.8) is 0 Å². The molecule has 15 heavy (non-hydrogen) atoms. The van der Waals surface area contributed by atoms with E-state index >= 15 is 0 Å². The van der Waals surface area contributed by atoms with Crippen molar-refractivity contribution in [2.24, 2.45) is 0 Å². The van der Waals surface area contributed by atoms with Crippen molar-refractivity contribution in [2.75, 3.05) is 0 Å². The van der Waals surface area contributed by atoms with E-state index in [1.165, 1.54) is 30.0 Å². The first-order valence-corrected chi connectivity index (χ1v) is 4.14. The number of hydrogen-bond acceptors (Lipinski definition) is 4. The molecule has 76 valence electrons. The number of H-pyrrole nitrogens is 1. The summed E-state index contributed by atoms with van der Waals surface area (Å²) in [4.78, 5) is 28.7. The van der Waals surface area contributed by atoms with E-state index in [4.69, 9.17) is 5.21 Å². The van der Waals surface area contributed by atoms with Gasteiger partial charge in [0.2, 0.25) is 0 Å². The lowest BCUT2D eigenvalue weighted by atomic mass is 10.1. The standard InChI is InChI=1S/C9H7N3O3/c13-8(12-15)5-1-2-6-7(3-5)10-4-11-9(6)14/h1-4,15H,(H,12,13)(H,10,11,14). The molecule has 2 rings (SSSR count). The lowest BCUT2D eigenvalue weighted by Gasteiger charge is -1.99. The molecule has 1 amide bonds. The summed E-state index contributed by atoms with van der Waals surface area (Å²) in [5.74, 6) is -0.640. The summed E-state index contributed by atoms with van der Waals surface area (Å²) in [5.41, 5.74) is 1.88. The Kier molecular flexibility index (Phi) is 2.18. The predicted octanol–water partition coefficient (Wildman–Crippen LogP) is 0.0421. The molecule has 1 heterocycles. The summed E-state index contributed by atoms with van der Waals surface area (Å²) in [7, 11) is 0. The summed E-state index contributed by atoms with van der Waals surface area (Å²) in [6, 6.07) is 4.34. The second-order valence-corrected chi connectivity index (χ2v) is 2.90. The second-order valence-electron chi connectivity index (χ2n) is 2.90. The zero-order chi connectivity index (χ0) is 10.8. The van der Waals surface area contributed by atoms with Gasteiger partial charge in [0, 0.05) is 5.56 Å². The molecular formula is C9H7N3O3. The van der Waals surface area contributed by atoms with Gasteiger partial charge < -0.3 is 4.98 Å². The van der Waals surface area contributed by atoms with Crippen molar-refractivity contribution < 1.29 is 10.0 Å². The van der Waals surface area contributed by atoms with Crippen LogP contribution in [0.4, 0.5) is 0 Å². The van der Waals surface area contributed by atoms with Crippen LogP contribution in [0.1, 0.15) is 10.4 Å². The fraction of sp³-hybridized carbons (Fsp3) is 0. The Morgan fingerprint density at radius 3 is 3.00 bits per heavy atom. The van der Waals surface area contributed by atoms with Gasteiger partial charge in [-0.2, -0.15) is 0 Å². The minimum atomic E-state index is -0.640. The van der Waals surface area contributed by atoms with Crippen LogP contribution in [0.3, 0.4) is 0 Å². The van der Waals surface area contributed by atoms with Crippen LogP contribution >= 0.6 is 0 Å². The molecule has 0 bridgehead atoms. The normalized spacial score (nSPS) is 10.2. The van der Waals surface area contributed by atoms with Gasteiger partial charge in [0.15, 0.2) is 0 Å². The molecule has 1 aromatic heterocycles. The van der Waals surface area contributed by atoms with Crippen LogP contribution in [0.5, 0.6) is 0 Å². The first-order chi connectivity index (χ1) is 7.22. The van der Waals surface area contributed by atoms with Gasteiger partial charge in [0.1, 0.15) is 0 Å². The van der Waals surface area contributed by atoms with Gasteiger partial charge in [-0.25, -0.2) is 10.5 Å². The molecule has 0 radical (unpaired) electrons. The topological polar surface area (TPSA) is 95.1 Å². The summed E-state index contributed by atoms with van der Waals surface area (Å²) in [5, 5.41) is 8.82. The Morgan fingerprint density at radius 1 is 1.47 bits per heavy atom. The van der Waals surface area contributed by atoms with Gasteiger partial charge in [-0.3, -0.25) is 14.8 Å². The van der Waals surface area contributed by atoms with Crippen LogP contribution < -0.4 is 11.0 Å². The minimum Gasteiger partial charge on any atom is -0.313 e. The van der Waals surface area contributed by atoms with Crippen LogP contribution in [0.25, 0.3) is 10.9 Å². The largest absolute Gasteiger partial charge is 0.313 e. The van der Waals surface area contributed by atoms with Gasteiger partial charge in [0.25, 0.3) is 11.5 Å². The van der Waals surface area contributed by atoms with Crippen molar-refractivity contribution in [2.45, 2.75) is 0 Å². The number of benzene rings is 1. The number of carbonyl (C=O) groups is 1. The van der Waals surface area contributed by atoms with Crippen LogP contribution in [-0.2, 0) is 0 Å². The molecule has 1 aromatic carbocycles. The number of rotatable bonds is 1. The van der Waals surface area contributed by atoms with Crippen molar-refractivity contribution in [1.82, 2.24) is 15.4 Å². The van der Waals surface area contributed by atoms with Gasteiger partial charge in [-0.15, -0.1) is 0 Å². The highest BCUT2D eigenvalue weighted by Gasteiger charge is 2.06. The molecule has 0 atom stereocenters. The van der Waals surface area contributed by atoms with E-state index < -0.39 is 5.91 Å². The van der Waals surface area contributed by atoms with Crippen molar-refractivity contribution in [3.05, 3.63) is 40.4 Å². The van der Waals surface area contributed by atoms with E-state index in [0.29, 0.717) is 10.9 Å². The minimum absolute atomic E-state index is 0.239. The highest BCUT2D eigenvalue weighted by Crippen LogP contribution is 2.08. The quantitative estimate of drug-likeness (QED) is 0.452. The van der Waals surface area contributed by atoms with Crippen LogP contribution in [-0.4, -0.2) is 21.1 Å². The molecule has 6 nitrogen and oxygen atoms in total. The molecule has 0 saturated heterocycles. The number of hydroxylamine groups is 1. The van der Waals surface area contributed by atoms with Crippen molar-refractivity contribution in [1.29, 1.82) is 0 Å². The lowest BCUT2D eigenvalue weighted by molar-refractivity contribution is 0.0706. The SMILES string of the molecule is O=C(NO)c1ccc2c(=O)[nH]cnc2c1. The monoisotopic (exact) mass is 205 g/mol. The second kappa shape index (κ2) is 3.50. The van der Waals surface area contributed by atoms with Crippen molar-refractivity contribution in [3.8, 4) is 0 Å². The maximum Gasteiger partial charge on any atom is 0.274 e. The van der Waals surface area contributed by atoms with Gasteiger partial charge in [0.05, 0.1) is 17.2 Å². The van der Waals surface area contributed by atoms with E-state index in [2.05, 4.69) is 9.97 Å².